The van der Waals surface area contributed by atoms with Crippen LogP contribution in [-0.2, 0) is 6.42 Å². The molecule has 96 valence electrons. The van der Waals surface area contributed by atoms with Crippen LogP contribution in [0, 0.1) is 6.92 Å². The third-order valence-corrected chi connectivity index (χ3v) is 2.82. The maximum Gasteiger partial charge on any atom is 0.271 e. The summed E-state index contributed by atoms with van der Waals surface area (Å²) in [4.78, 5) is 11.9. The molecule has 0 aliphatic heterocycles. The van der Waals surface area contributed by atoms with Gasteiger partial charge in [-0.05, 0) is 24.1 Å². The molecule has 0 heterocycles. The molecular formula is C16H16N2O. The fraction of sp³-hybridized carbons (Fsp3) is 0.125. The molecule has 0 fully saturated rings. The number of carbonyl (C=O) groups is 1. The number of benzene rings is 2. The van der Waals surface area contributed by atoms with E-state index in [1.807, 2.05) is 55.5 Å². The molecule has 1 amide bonds. The second-order valence-corrected chi connectivity index (χ2v) is 4.26. The number of carbonyl (C=O) groups excluding carboxylic acids is 1. The maximum atomic E-state index is 11.9. The van der Waals surface area contributed by atoms with Crippen LogP contribution in [0.1, 0.15) is 21.5 Å². The van der Waals surface area contributed by atoms with Crippen molar-refractivity contribution in [3.63, 3.8) is 0 Å². The van der Waals surface area contributed by atoms with Gasteiger partial charge in [0.1, 0.15) is 0 Å². The van der Waals surface area contributed by atoms with Gasteiger partial charge in [0.05, 0.1) is 0 Å². The molecule has 2 aromatic rings. The molecule has 0 atom stereocenters. The van der Waals surface area contributed by atoms with Crippen LogP contribution in [0.3, 0.4) is 0 Å². The molecule has 0 spiro atoms. The Morgan fingerprint density at radius 1 is 1.11 bits per heavy atom. The summed E-state index contributed by atoms with van der Waals surface area (Å²) in [5.41, 5.74) is 5.30. The lowest BCUT2D eigenvalue weighted by atomic mass is 10.1. The molecule has 3 heteroatoms. The standard InChI is InChI=1S/C16H16N2O/c1-13-7-5-6-10-15(13)16(19)18-17-12-11-14-8-3-2-4-9-14/h2-10,12H,11H2,1H3,(H,18,19). The zero-order valence-electron chi connectivity index (χ0n) is 10.8. The number of hydrogen-bond acceptors (Lipinski definition) is 2. The van der Waals surface area contributed by atoms with Gasteiger partial charge in [-0.2, -0.15) is 5.10 Å². The Morgan fingerprint density at radius 2 is 1.79 bits per heavy atom. The summed E-state index contributed by atoms with van der Waals surface area (Å²) in [5, 5.41) is 3.96. The van der Waals surface area contributed by atoms with Crippen molar-refractivity contribution in [2.75, 3.05) is 0 Å². The predicted octanol–water partition coefficient (Wildman–Crippen LogP) is 2.95. The van der Waals surface area contributed by atoms with Gasteiger partial charge >= 0.3 is 0 Å². The number of hydrogen-bond donors (Lipinski definition) is 1. The lowest BCUT2D eigenvalue weighted by Gasteiger charge is -2.02. The van der Waals surface area contributed by atoms with Crippen LogP contribution in [0.15, 0.2) is 59.7 Å². The van der Waals surface area contributed by atoms with E-state index in [-0.39, 0.29) is 5.91 Å². The average molecular weight is 252 g/mol. The van der Waals surface area contributed by atoms with Crippen molar-refractivity contribution in [3.8, 4) is 0 Å². The SMILES string of the molecule is Cc1ccccc1C(=O)NN=CCc1ccccc1. The first-order chi connectivity index (χ1) is 9.27. The zero-order valence-corrected chi connectivity index (χ0v) is 10.8. The summed E-state index contributed by atoms with van der Waals surface area (Å²) in [6.07, 6.45) is 2.40. The van der Waals surface area contributed by atoms with Gasteiger partial charge < -0.3 is 0 Å². The van der Waals surface area contributed by atoms with Crippen LogP contribution >= 0.6 is 0 Å². The van der Waals surface area contributed by atoms with Crippen LogP contribution in [0.2, 0.25) is 0 Å². The molecule has 1 N–H and O–H groups in total. The molecule has 19 heavy (non-hydrogen) atoms. The highest BCUT2D eigenvalue weighted by molar-refractivity contribution is 5.95. The van der Waals surface area contributed by atoms with E-state index in [1.54, 1.807) is 12.3 Å². The summed E-state index contributed by atoms with van der Waals surface area (Å²) < 4.78 is 0. The largest absolute Gasteiger partial charge is 0.271 e. The minimum Gasteiger partial charge on any atom is -0.267 e. The molecule has 0 aliphatic rings. The fourth-order valence-corrected chi connectivity index (χ4v) is 1.76. The van der Waals surface area contributed by atoms with E-state index >= 15 is 0 Å². The normalized spacial score (nSPS) is 10.6. The van der Waals surface area contributed by atoms with Gasteiger partial charge in [-0.1, -0.05) is 48.5 Å². The highest BCUT2D eigenvalue weighted by Crippen LogP contribution is 2.06. The molecule has 0 aliphatic carbocycles. The Morgan fingerprint density at radius 3 is 2.53 bits per heavy atom. The van der Waals surface area contributed by atoms with E-state index in [4.69, 9.17) is 0 Å². The Hall–Kier alpha value is -2.42. The van der Waals surface area contributed by atoms with Gasteiger partial charge in [-0.3, -0.25) is 4.79 Å². The van der Waals surface area contributed by atoms with E-state index in [1.165, 1.54) is 0 Å². The zero-order chi connectivity index (χ0) is 13.5. The van der Waals surface area contributed by atoms with E-state index < -0.39 is 0 Å². The van der Waals surface area contributed by atoms with E-state index in [2.05, 4.69) is 10.5 Å². The quantitative estimate of drug-likeness (QED) is 0.659. The minimum absolute atomic E-state index is 0.178. The summed E-state index contributed by atoms with van der Waals surface area (Å²) in [5.74, 6) is -0.178. The lowest BCUT2D eigenvalue weighted by molar-refractivity contribution is 0.0954. The molecule has 3 nitrogen and oxygen atoms in total. The molecule has 2 aromatic carbocycles. The van der Waals surface area contributed by atoms with Crippen molar-refractivity contribution in [1.82, 2.24) is 5.43 Å². The Kier molecular flexibility index (Phi) is 4.45. The number of hydrazone groups is 1. The maximum absolute atomic E-state index is 11.9. The van der Waals surface area contributed by atoms with Crippen molar-refractivity contribution in [1.29, 1.82) is 0 Å². The van der Waals surface area contributed by atoms with Crippen molar-refractivity contribution >= 4 is 12.1 Å². The van der Waals surface area contributed by atoms with Crippen molar-refractivity contribution in [3.05, 3.63) is 71.3 Å². The number of nitrogens with one attached hydrogen (secondary N) is 1. The molecule has 0 unspecified atom stereocenters. The third kappa shape index (κ3) is 3.78. The van der Waals surface area contributed by atoms with E-state index in [0.29, 0.717) is 12.0 Å². The van der Waals surface area contributed by atoms with Crippen LogP contribution in [0.5, 0.6) is 0 Å². The second-order valence-electron chi connectivity index (χ2n) is 4.26. The Bertz CT molecular complexity index is 576. The number of aryl methyl sites for hydroxylation is 1. The average Bonchev–Trinajstić information content (AvgIpc) is 2.45. The van der Waals surface area contributed by atoms with Gasteiger partial charge in [0, 0.05) is 18.2 Å². The smallest absolute Gasteiger partial charge is 0.267 e. The lowest BCUT2D eigenvalue weighted by Crippen LogP contribution is -2.18. The molecule has 0 saturated heterocycles. The first-order valence-corrected chi connectivity index (χ1v) is 6.19. The second kappa shape index (κ2) is 6.50. The number of rotatable bonds is 4. The Labute approximate surface area is 113 Å². The van der Waals surface area contributed by atoms with Gasteiger partial charge in [-0.15, -0.1) is 0 Å². The van der Waals surface area contributed by atoms with Gasteiger partial charge in [0.2, 0.25) is 0 Å². The van der Waals surface area contributed by atoms with E-state index in [0.717, 1.165) is 11.1 Å². The van der Waals surface area contributed by atoms with Crippen LogP contribution in [-0.4, -0.2) is 12.1 Å². The molecule has 0 aromatic heterocycles. The first kappa shape index (κ1) is 13.0. The third-order valence-electron chi connectivity index (χ3n) is 2.82. The molecular weight excluding hydrogens is 236 g/mol. The highest BCUT2D eigenvalue weighted by Gasteiger charge is 2.05. The fourth-order valence-electron chi connectivity index (χ4n) is 1.76. The monoisotopic (exact) mass is 252 g/mol. The van der Waals surface area contributed by atoms with Crippen LogP contribution < -0.4 is 5.43 Å². The first-order valence-electron chi connectivity index (χ1n) is 6.19. The van der Waals surface area contributed by atoms with E-state index in [9.17, 15) is 4.79 Å². The van der Waals surface area contributed by atoms with Gasteiger partial charge in [-0.25, -0.2) is 5.43 Å². The number of nitrogens with zero attached hydrogens (tertiary/aromatic N) is 1. The summed E-state index contributed by atoms with van der Waals surface area (Å²) in [7, 11) is 0. The van der Waals surface area contributed by atoms with Crippen molar-refractivity contribution in [2.45, 2.75) is 13.3 Å². The minimum atomic E-state index is -0.178. The summed E-state index contributed by atoms with van der Waals surface area (Å²) in [6, 6.07) is 17.4. The molecule has 2 rings (SSSR count). The summed E-state index contributed by atoms with van der Waals surface area (Å²) >= 11 is 0. The molecule has 0 radical (unpaired) electrons. The van der Waals surface area contributed by atoms with Gasteiger partial charge in [0.25, 0.3) is 5.91 Å². The van der Waals surface area contributed by atoms with Crippen LogP contribution in [0.4, 0.5) is 0 Å². The van der Waals surface area contributed by atoms with Crippen LogP contribution in [0.25, 0.3) is 0 Å². The highest BCUT2D eigenvalue weighted by atomic mass is 16.2. The topological polar surface area (TPSA) is 41.5 Å². The van der Waals surface area contributed by atoms with Crippen molar-refractivity contribution < 1.29 is 4.79 Å². The predicted molar refractivity (Wildman–Crippen MR) is 77.3 cm³/mol. The van der Waals surface area contributed by atoms with Crippen molar-refractivity contribution in [2.24, 2.45) is 5.10 Å². The summed E-state index contributed by atoms with van der Waals surface area (Å²) in [6.45, 7) is 1.91. The van der Waals surface area contributed by atoms with Gasteiger partial charge in [0.15, 0.2) is 0 Å². The number of amides is 1. The molecule has 0 bridgehead atoms. The Balaban J connectivity index is 1.89. The molecule has 0 saturated carbocycles.